The Labute approximate surface area is 121 Å². The number of nitrogens with one attached hydrogen (secondary N) is 1. The SMILES string of the molecule is CCC(NCc1ccc(C(=O)O)cc1)C1CCCCC1. The van der Waals surface area contributed by atoms with Crippen molar-refractivity contribution in [2.24, 2.45) is 5.92 Å². The predicted octanol–water partition coefficient (Wildman–Crippen LogP) is 3.83. The average Bonchev–Trinajstić information content (AvgIpc) is 2.49. The Kier molecular flexibility index (Phi) is 5.60. The van der Waals surface area contributed by atoms with Gasteiger partial charge in [-0.25, -0.2) is 4.79 Å². The fourth-order valence-corrected chi connectivity index (χ4v) is 3.19. The molecule has 0 aromatic heterocycles. The minimum absolute atomic E-state index is 0.355. The molecule has 1 fully saturated rings. The summed E-state index contributed by atoms with van der Waals surface area (Å²) < 4.78 is 0. The van der Waals surface area contributed by atoms with Crippen molar-refractivity contribution in [3.8, 4) is 0 Å². The fourth-order valence-electron chi connectivity index (χ4n) is 3.19. The van der Waals surface area contributed by atoms with Crippen LogP contribution in [0.3, 0.4) is 0 Å². The Morgan fingerprint density at radius 1 is 1.25 bits per heavy atom. The summed E-state index contributed by atoms with van der Waals surface area (Å²) >= 11 is 0. The number of benzene rings is 1. The molecule has 3 nitrogen and oxygen atoms in total. The zero-order valence-corrected chi connectivity index (χ0v) is 12.3. The number of carboxylic acids is 1. The molecule has 0 bridgehead atoms. The minimum Gasteiger partial charge on any atom is -0.478 e. The van der Waals surface area contributed by atoms with E-state index in [0.29, 0.717) is 11.6 Å². The summed E-state index contributed by atoms with van der Waals surface area (Å²) in [6.07, 6.45) is 8.00. The lowest BCUT2D eigenvalue weighted by molar-refractivity contribution is 0.0697. The normalized spacial score (nSPS) is 17.9. The number of hydrogen-bond donors (Lipinski definition) is 2. The van der Waals surface area contributed by atoms with E-state index in [2.05, 4.69) is 12.2 Å². The molecule has 2 N–H and O–H groups in total. The average molecular weight is 275 g/mol. The van der Waals surface area contributed by atoms with Gasteiger partial charge in [-0.15, -0.1) is 0 Å². The molecule has 1 aliphatic rings. The molecule has 3 heteroatoms. The molecular formula is C17H25NO2. The third-order valence-corrected chi connectivity index (χ3v) is 4.43. The van der Waals surface area contributed by atoms with Crippen LogP contribution >= 0.6 is 0 Å². The Hall–Kier alpha value is -1.35. The van der Waals surface area contributed by atoms with Crippen molar-refractivity contribution in [1.29, 1.82) is 0 Å². The van der Waals surface area contributed by atoms with Gasteiger partial charge < -0.3 is 10.4 Å². The third-order valence-electron chi connectivity index (χ3n) is 4.43. The molecule has 20 heavy (non-hydrogen) atoms. The Morgan fingerprint density at radius 2 is 1.90 bits per heavy atom. The molecule has 1 saturated carbocycles. The molecule has 1 atom stereocenters. The highest BCUT2D eigenvalue weighted by atomic mass is 16.4. The molecule has 110 valence electrons. The fraction of sp³-hybridized carbons (Fsp3) is 0.588. The van der Waals surface area contributed by atoms with E-state index in [1.54, 1.807) is 12.1 Å². The predicted molar refractivity (Wildman–Crippen MR) is 80.9 cm³/mol. The summed E-state index contributed by atoms with van der Waals surface area (Å²) in [4.78, 5) is 10.8. The number of aromatic carboxylic acids is 1. The summed E-state index contributed by atoms with van der Waals surface area (Å²) in [6.45, 7) is 3.08. The third kappa shape index (κ3) is 4.07. The Balaban J connectivity index is 1.87. The quantitative estimate of drug-likeness (QED) is 0.829. The first-order valence-electron chi connectivity index (χ1n) is 7.76. The zero-order valence-electron chi connectivity index (χ0n) is 12.3. The number of rotatable bonds is 6. The van der Waals surface area contributed by atoms with Crippen molar-refractivity contribution >= 4 is 5.97 Å². The highest BCUT2D eigenvalue weighted by Gasteiger charge is 2.21. The van der Waals surface area contributed by atoms with Crippen LogP contribution in [0.4, 0.5) is 0 Å². The first-order chi connectivity index (χ1) is 9.70. The van der Waals surface area contributed by atoms with Gasteiger partial charge in [0.1, 0.15) is 0 Å². The van der Waals surface area contributed by atoms with Gasteiger partial charge in [0, 0.05) is 12.6 Å². The van der Waals surface area contributed by atoms with E-state index in [-0.39, 0.29) is 0 Å². The number of hydrogen-bond acceptors (Lipinski definition) is 2. The van der Waals surface area contributed by atoms with Gasteiger partial charge in [0.15, 0.2) is 0 Å². The Morgan fingerprint density at radius 3 is 2.45 bits per heavy atom. The summed E-state index contributed by atoms with van der Waals surface area (Å²) in [7, 11) is 0. The van der Waals surface area contributed by atoms with E-state index in [1.165, 1.54) is 32.1 Å². The van der Waals surface area contributed by atoms with Crippen molar-refractivity contribution in [3.05, 3.63) is 35.4 Å². The van der Waals surface area contributed by atoms with Gasteiger partial charge in [-0.2, -0.15) is 0 Å². The van der Waals surface area contributed by atoms with E-state index in [1.807, 2.05) is 12.1 Å². The van der Waals surface area contributed by atoms with Crippen LogP contribution in [0.15, 0.2) is 24.3 Å². The monoisotopic (exact) mass is 275 g/mol. The lowest BCUT2D eigenvalue weighted by Gasteiger charge is -2.30. The maximum absolute atomic E-state index is 10.8. The van der Waals surface area contributed by atoms with Crippen LogP contribution in [-0.2, 0) is 6.54 Å². The molecule has 2 rings (SSSR count). The van der Waals surface area contributed by atoms with Crippen LogP contribution in [-0.4, -0.2) is 17.1 Å². The first kappa shape index (κ1) is 15.0. The molecule has 1 aromatic rings. The topological polar surface area (TPSA) is 49.3 Å². The van der Waals surface area contributed by atoms with Crippen molar-refractivity contribution in [3.63, 3.8) is 0 Å². The maximum Gasteiger partial charge on any atom is 0.335 e. The van der Waals surface area contributed by atoms with E-state index in [4.69, 9.17) is 5.11 Å². The Bertz CT molecular complexity index is 421. The van der Waals surface area contributed by atoms with Crippen LogP contribution in [0.5, 0.6) is 0 Å². The van der Waals surface area contributed by atoms with E-state index < -0.39 is 5.97 Å². The van der Waals surface area contributed by atoms with Gasteiger partial charge in [-0.1, -0.05) is 38.3 Å². The highest BCUT2D eigenvalue weighted by molar-refractivity contribution is 5.87. The second kappa shape index (κ2) is 7.44. The van der Waals surface area contributed by atoms with Crippen LogP contribution < -0.4 is 5.32 Å². The molecular weight excluding hydrogens is 250 g/mol. The number of carboxylic acid groups (broad SMARTS) is 1. The molecule has 0 heterocycles. The van der Waals surface area contributed by atoms with Gasteiger partial charge in [0.05, 0.1) is 5.56 Å². The molecule has 0 aliphatic heterocycles. The van der Waals surface area contributed by atoms with Crippen LogP contribution in [0.25, 0.3) is 0 Å². The maximum atomic E-state index is 10.8. The molecule has 0 amide bonds. The molecule has 0 saturated heterocycles. The summed E-state index contributed by atoms with van der Waals surface area (Å²) in [5.74, 6) is -0.0507. The van der Waals surface area contributed by atoms with Gasteiger partial charge in [0.25, 0.3) is 0 Å². The van der Waals surface area contributed by atoms with Crippen LogP contribution in [0, 0.1) is 5.92 Å². The molecule has 1 aliphatic carbocycles. The van der Waals surface area contributed by atoms with Gasteiger partial charge in [-0.3, -0.25) is 0 Å². The van der Waals surface area contributed by atoms with Crippen molar-refractivity contribution in [2.75, 3.05) is 0 Å². The summed E-state index contributed by atoms with van der Waals surface area (Å²) in [6, 6.07) is 7.77. The largest absolute Gasteiger partial charge is 0.478 e. The standard InChI is InChI=1S/C17H25NO2/c1-2-16(14-6-4-3-5-7-14)18-12-13-8-10-15(11-9-13)17(19)20/h8-11,14,16,18H,2-7,12H2,1H3,(H,19,20). The first-order valence-corrected chi connectivity index (χ1v) is 7.76. The smallest absolute Gasteiger partial charge is 0.335 e. The van der Waals surface area contributed by atoms with Gasteiger partial charge in [-0.05, 0) is 42.9 Å². The second-order valence-corrected chi connectivity index (χ2v) is 5.80. The number of carbonyl (C=O) groups is 1. The summed E-state index contributed by atoms with van der Waals surface area (Å²) in [5.41, 5.74) is 1.51. The molecule has 0 spiro atoms. The lowest BCUT2D eigenvalue weighted by Crippen LogP contribution is -2.36. The van der Waals surface area contributed by atoms with Gasteiger partial charge in [0.2, 0.25) is 0 Å². The summed E-state index contributed by atoms with van der Waals surface area (Å²) in [5, 5.41) is 12.5. The van der Waals surface area contributed by atoms with Crippen LogP contribution in [0.1, 0.15) is 61.4 Å². The van der Waals surface area contributed by atoms with Crippen molar-refractivity contribution in [2.45, 2.75) is 58.0 Å². The molecule has 1 aromatic carbocycles. The minimum atomic E-state index is -0.863. The van der Waals surface area contributed by atoms with Crippen LogP contribution in [0.2, 0.25) is 0 Å². The van der Waals surface area contributed by atoms with Crippen molar-refractivity contribution < 1.29 is 9.90 Å². The van der Waals surface area contributed by atoms with Crippen molar-refractivity contribution in [1.82, 2.24) is 5.32 Å². The van der Waals surface area contributed by atoms with E-state index in [0.717, 1.165) is 24.4 Å². The second-order valence-electron chi connectivity index (χ2n) is 5.80. The van der Waals surface area contributed by atoms with Gasteiger partial charge >= 0.3 is 5.97 Å². The zero-order chi connectivity index (χ0) is 14.4. The van der Waals surface area contributed by atoms with E-state index >= 15 is 0 Å². The molecule has 0 radical (unpaired) electrons. The lowest BCUT2D eigenvalue weighted by atomic mass is 9.83. The highest BCUT2D eigenvalue weighted by Crippen LogP contribution is 2.27. The van der Waals surface area contributed by atoms with E-state index in [9.17, 15) is 4.79 Å². The molecule has 1 unspecified atom stereocenters.